The first-order valence-corrected chi connectivity index (χ1v) is 6.52. The number of carboxylic acid groups (broad SMARTS) is 1. The Morgan fingerprint density at radius 2 is 2.12 bits per heavy atom. The number of hydrogen-bond donors (Lipinski definition) is 2. The molecular formula is C11H14N2O3S. The zero-order chi connectivity index (χ0) is 12.7. The maximum Gasteiger partial charge on any atom is 0.354 e. The van der Waals surface area contributed by atoms with Crippen LogP contribution >= 0.6 is 11.8 Å². The summed E-state index contributed by atoms with van der Waals surface area (Å²) in [6.45, 7) is 0.568. The Kier molecular flexibility index (Phi) is 5.48. The highest BCUT2D eigenvalue weighted by molar-refractivity contribution is 7.98. The Morgan fingerprint density at radius 3 is 2.76 bits per heavy atom. The summed E-state index contributed by atoms with van der Waals surface area (Å²) >= 11 is 1.71. The molecule has 6 heteroatoms. The van der Waals surface area contributed by atoms with E-state index in [2.05, 4.69) is 10.3 Å². The normalized spacial score (nSPS) is 9.94. The van der Waals surface area contributed by atoms with E-state index in [4.69, 9.17) is 5.11 Å². The number of nitrogens with one attached hydrogen (secondary N) is 1. The van der Waals surface area contributed by atoms with E-state index in [0.29, 0.717) is 6.54 Å². The van der Waals surface area contributed by atoms with E-state index < -0.39 is 5.97 Å². The van der Waals surface area contributed by atoms with Gasteiger partial charge in [-0.05, 0) is 30.6 Å². The molecule has 1 aromatic heterocycles. The van der Waals surface area contributed by atoms with Crippen LogP contribution in [0.5, 0.6) is 0 Å². The molecule has 1 heterocycles. The lowest BCUT2D eigenvalue weighted by atomic mass is 10.3. The lowest BCUT2D eigenvalue weighted by Gasteiger charge is -2.04. The average molecular weight is 254 g/mol. The Morgan fingerprint density at radius 1 is 1.41 bits per heavy atom. The van der Waals surface area contributed by atoms with E-state index in [-0.39, 0.29) is 17.3 Å². The molecule has 0 aliphatic heterocycles. The number of carbonyl (C=O) groups is 2. The van der Waals surface area contributed by atoms with E-state index in [1.54, 1.807) is 11.8 Å². The number of aromatic nitrogens is 1. The molecule has 0 aliphatic carbocycles. The van der Waals surface area contributed by atoms with Crippen LogP contribution in [-0.2, 0) is 0 Å². The molecule has 0 fully saturated rings. The molecular weight excluding hydrogens is 240 g/mol. The predicted octanol–water partition coefficient (Wildman–Crippen LogP) is 1.26. The van der Waals surface area contributed by atoms with Crippen LogP contribution in [0.3, 0.4) is 0 Å². The lowest BCUT2D eigenvalue weighted by molar-refractivity contribution is 0.0690. The Bertz CT molecular complexity index is 409. The monoisotopic (exact) mass is 254 g/mol. The van der Waals surface area contributed by atoms with Gasteiger partial charge in [0.25, 0.3) is 5.91 Å². The number of amides is 1. The second kappa shape index (κ2) is 6.90. The number of nitrogens with zero attached hydrogens (tertiary/aromatic N) is 1. The molecule has 1 amide bonds. The fourth-order valence-electron chi connectivity index (χ4n) is 1.19. The van der Waals surface area contributed by atoms with E-state index in [0.717, 1.165) is 12.2 Å². The second-order valence-electron chi connectivity index (χ2n) is 3.32. The van der Waals surface area contributed by atoms with Crippen LogP contribution < -0.4 is 5.32 Å². The summed E-state index contributed by atoms with van der Waals surface area (Å²) in [5.41, 5.74) is 0.0100. The Labute approximate surface area is 104 Å². The summed E-state index contributed by atoms with van der Waals surface area (Å²) in [6, 6.07) is 4.36. The number of thioether (sulfide) groups is 1. The van der Waals surface area contributed by atoms with Crippen LogP contribution in [-0.4, -0.2) is 40.5 Å². The van der Waals surface area contributed by atoms with Crippen LogP contribution in [0, 0.1) is 0 Å². The third-order valence-electron chi connectivity index (χ3n) is 2.01. The van der Waals surface area contributed by atoms with E-state index in [1.165, 1.54) is 18.2 Å². The predicted molar refractivity (Wildman–Crippen MR) is 66.5 cm³/mol. The van der Waals surface area contributed by atoms with Gasteiger partial charge < -0.3 is 10.4 Å². The van der Waals surface area contributed by atoms with Crippen LogP contribution in [0.2, 0.25) is 0 Å². The van der Waals surface area contributed by atoms with Gasteiger partial charge in [0.05, 0.1) is 0 Å². The number of pyridine rings is 1. The van der Waals surface area contributed by atoms with Crippen LogP contribution in [0.1, 0.15) is 27.4 Å². The minimum Gasteiger partial charge on any atom is -0.477 e. The van der Waals surface area contributed by atoms with Crippen LogP contribution in [0.4, 0.5) is 0 Å². The number of aromatic carboxylic acids is 1. The van der Waals surface area contributed by atoms with Crippen molar-refractivity contribution in [2.45, 2.75) is 6.42 Å². The number of carbonyl (C=O) groups excluding carboxylic acids is 1. The Hall–Kier alpha value is -1.56. The highest BCUT2D eigenvalue weighted by Crippen LogP contribution is 2.00. The van der Waals surface area contributed by atoms with Crippen molar-refractivity contribution in [2.75, 3.05) is 18.6 Å². The summed E-state index contributed by atoms with van der Waals surface area (Å²) in [5.74, 6) is -0.501. The Balaban J connectivity index is 2.56. The standard InChI is InChI=1S/C11H14N2O3S/c1-17-7-3-6-12-10(14)8-4-2-5-9(13-8)11(15)16/h2,4-5H,3,6-7H2,1H3,(H,12,14)(H,15,16). The van der Waals surface area contributed by atoms with E-state index in [1.807, 2.05) is 6.26 Å². The lowest BCUT2D eigenvalue weighted by Crippen LogP contribution is -2.26. The maximum absolute atomic E-state index is 11.6. The molecule has 0 spiro atoms. The van der Waals surface area contributed by atoms with E-state index >= 15 is 0 Å². The van der Waals surface area contributed by atoms with Gasteiger partial charge in [0.2, 0.25) is 0 Å². The van der Waals surface area contributed by atoms with Gasteiger partial charge in [0, 0.05) is 6.54 Å². The fraction of sp³-hybridized carbons (Fsp3) is 0.364. The van der Waals surface area contributed by atoms with Crippen molar-refractivity contribution in [3.05, 3.63) is 29.6 Å². The van der Waals surface area contributed by atoms with Gasteiger partial charge >= 0.3 is 5.97 Å². The van der Waals surface area contributed by atoms with Crippen molar-refractivity contribution < 1.29 is 14.7 Å². The molecule has 0 radical (unpaired) electrons. The van der Waals surface area contributed by atoms with Gasteiger partial charge in [-0.3, -0.25) is 4.79 Å². The summed E-state index contributed by atoms with van der Waals surface area (Å²) in [4.78, 5) is 26.0. The highest BCUT2D eigenvalue weighted by atomic mass is 32.2. The molecule has 0 bridgehead atoms. The van der Waals surface area contributed by atoms with E-state index in [9.17, 15) is 9.59 Å². The molecule has 5 nitrogen and oxygen atoms in total. The molecule has 0 atom stereocenters. The summed E-state index contributed by atoms with van der Waals surface area (Å²) < 4.78 is 0. The van der Waals surface area contributed by atoms with Gasteiger partial charge in [-0.25, -0.2) is 9.78 Å². The number of rotatable bonds is 6. The summed E-state index contributed by atoms with van der Waals surface area (Å²) in [6.07, 6.45) is 2.88. The SMILES string of the molecule is CSCCCNC(=O)c1cccc(C(=O)O)n1. The number of carboxylic acids is 1. The summed E-state index contributed by atoms with van der Waals surface area (Å²) in [7, 11) is 0. The van der Waals surface area contributed by atoms with Crippen molar-refractivity contribution in [3.63, 3.8) is 0 Å². The molecule has 0 unspecified atom stereocenters. The molecule has 1 aromatic rings. The highest BCUT2D eigenvalue weighted by Gasteiger charge is 2.10. The van der Waals surface area contributed by atoms with Crippen molar-refractivity contribution in [1.82, 2.24) is 10.3 Å². The molecule has 0 aliphatic rings. The van der Waals surface area contributed by atoms with Gasteiger partial charge in [0.15, 0.2) is 0 Å². The van der Waals surface area contributed by atoms with Crippen molar-refractivity contribution in [2.24, 2.45) is 0 Å². The van der Waals surface area contributed by atoms with Crippen LogP contribution in [0.15, 0.2) is 18.2 Å². The number of hydrogen-bond acceptors (Lipinski definition) is 4. The molecule has 2 N–H and O–H groups in total. The molecule has 0 saturated heterocycles. The third-order valence-corrected chi connectivity index (χ3v) is 2.71. The second-order valence-corrected chi connectivity index (χ2v) is 4.30. The zero-order valence-corrected chi connectivity index (χ0v) is 10.3. The molecule has 92 valence electrons. The van der Waals surface area contributed by atoms with Crippen molar-refractivity contribution >= 4 is 23.6 Å². The fourth-order valence-corrected chi connectivity index (χ4v) is 1.62. The molecule has 1 rings (SSSR count). The molecule has 0 saturated carbocycles. The average Bonchev–Trinajstić information content (AvgIpc) is 2.34. The first-order valence-electron chi connectivity index (χ1n) is 5.12. The zero-order valence-electron chi connectivity index (χ0n) is 9.47. The minimum absolute atomic E-state index is 0.123. The van der Waals surface area contributed by atoms with Gasteiger partial charge in [-0.1, -0.05) is 6.07 Å². The smallest absolute Gasteiger partial charge is 0.354 e. The first-order chi connectivity index (χ1) is 8.15. The minimum atomic E-state index is -1.14. The topological polar surface area (TPSA) is 79.3 Å². The quantitative estimate of drug-likeness (QED) is 0.747. The van der Waals surface area contributed by atoms with Gasteiger partial charge in [0.1, 0.15) is 11.4 Å². The van der Waals surface area contributed by atoms with Crippen molar-refractivity contribution in [3.8, 4) is 0 Å². The van der Waals surface area contributed by atoms with Crippen molar-refractivity contribution in [1.29, 1.82) is 0 Å². The third kappa shape index (κ3) is 4.44. The largest absolute Gasteiger partial charge is 0.477 e. The van der Waals surface area contributed by atoms with Gasteiger partial charge in [-0.15, -0.1) is 0 Å². The first kappa shape index (κ1) is 13.5. The van der Waals surface area contributed by atoms with Crippen LogP contribution in [0.25, 0.3) is 0 Å². The summed E-state index contributed by atoms with van der Waals surface area (Å²) in [5, 5.41) is 11.4. The molecule has 17 heavy (non-hydrogen) atoms. The maximum atomic E-state index is 11.6. The molecule has 0 aromatic carbocycles. The van der Waals surface area contributed by atoms with Gasteiger partial charge in [-0.2, -0.15) is 11.8 Å².